The number of aliphatic hydroxyl groups is 1. The first-order valence-electron chi connectivity index (χ1n) is 83.2. The van der Waals surface area contributed by atoms with Crippen molar-refractivity contribution < 1.29 is 257 Å². The van der Waals surface area contributed by atoms with Crippen molar-refractivity contribution in [1.29, 1.82) is 0 Å². The fourth-order valence-corrected chi connectivity index (χ4v) is 6.17. The molecular weight excluding hydrogens is 1080 g/mol. The number of anilines is 1. The van der Waals surface area contributed by atoms with Crippen LogP contribution in [0.3, 0.4) is 0 Å². The lowest BCUT2D eigenvalue weighted by molar-refractivity contribution is -0.159. The van der Waals surface area contributed by atoms with Gasteiger partial charge in [-0.1, -0.05) is 52.5 Å². The molecule has 0 bridgehead atoms. The van der Waals surface area contributed by atoms with Gasteiger partial charge in [-0.3, -0.25) is 14.8 Å². The predicted molar refractivity (Wildman–Crippen MR) is 402 cm³/mol. The number of pyridine rings is 4. The maximum absolute atomic E-state index is 10.9. The molecule has 0 aliphatic carbocycles. The molecule has 29 heteroatoms. The minimum atomic E-state index is -4.40. The Morgan fingerprint density at radius 3 is 1.83 bits per heavy atom. The number of amides is 2. The van der Waals surface area contributed by atoms with Crippen LogP contribution in [-0.2, 0) is 22.7 Å². The summed E-state index contributed by atoms with van der Waals surface area (Å²) < 4.78 is 678. The third kappa shape index (κ3) is 20.4. The van der Waals surface area contributed by atoms with E-state index in [1.54, 1.807) is 61.5 Å². The third-order valence-corrected chi connectivity index (χ3v) is 9.59. The van der Waals surface area contributed by atoms with Crippen LogP contribution < -0.4 is 41.1 Å². The fraction of sp³-hybridized carbons (Fsp3) is 0.217. The van der Waals surface area contributed by atoms with Crippen molar-refractivity contribution in [2.75, 3.05) is 31.7 Å². The molecule has 0 unspecified atom stereocenters. The van der Waals surface area contributed by atoms with Crippen LogP contribution in [0.25, 0.3) is 9.69 Å². The predicted octanol–water partition coefficient (Wildman–Crippen LogP) is 24.5. The molecule has 2 amide bonds. The van der Waals surface area contributed by atoms with E-state index in [-0.39, 0.29) is 45.5 Å². The number of phenolic OH excluding ortho intramolecular Hbond substituents is 1. The SMILES string of the molecule is CCOc1nc(Cl)ccc1C(N)=O.NC(=O)c1ccc(Cl)nc1Cl.OCC(F)(F)F.Oc1ccc2c(c1)CON2O.[2HH].[2H][2H].[2H][2H].[2H][2H].[2H][2H].[2H][2H].[2H][2H].[2H][2H].[2H][2H].[2H][2H].[2H][2H].[2H][2H].[2H][2H].[2H][2H].[2H][2H].[2H][2H].[2H][2H].[2H][2H].[2H][2H].[2H][2H].[2H][2H].[2H][2H].[2H][2H].[2H][2H].[2H][2H].[2H][2H].[2H][2H].[2H][2H].[2H][2H].[2H][2H].[2H][2H].[2H][2H].[2H][2H].[2H][2H].[2H][2H].[2H][2H].[2H][2H].[2H][2H].[2H][2H].[2H][2H].[2H][2H].[2H][2H].[2H][2H].[2H][2H].[2H][2H].[2H][2H].[2H][2H].[2H][2H].[2H][2H].[2H][2H].[2H][2H].[2H][2H].[2H][2H].[2H][2H].[2H][2H].[2H][2H].[2H][2H].[2H][2H].[2H][2H].[2H][2H].[2H][2H].[2H][2H].[2H][2H].[C-]#[N+]c1ccc(Cl)nc1OCC.[C-]#[N+]c1ccc(Oc2ccc3c(c2)COB3O)nc1OCC. The van der Waals surface area contributed by atoms with Crippen LogP contribution in [0.2, 0.25) is 20.6 Å². The van der Waals surface area contributed by atoms with E-state index >= 15 is 0 Å². The van der Waals surface area contributed by atoms with E-state index in [4.69, 9.17) is 299 Å². The maximum atomic E-state index is 10.9. The molecule has 0 saturated heterocycles. The Kier molecular flexibility index (Phi) is 7.08. The molecule has 8 rings (SSSR count). The summed E-state index contributed by atoms with van der Waals surface area (Å²) in [4.78, 5) is 48.3. The molecule has 75 heavy (non-hydrogen) atoms. The van der Waals surface area contributed by atoms with Gasteiger partial charge in [-0.25, -0.2) is 29.5 Å². The molecule has 21 nitrogen and oxygen atoms in total. The quantitative estimate of drug-likeness (QED) is 0.0422. The molecule has 522 valence electrons. The van der Waals surface area contributed by atoms with Gasteiger partial charge in [-0.2, -0.15) is 18.2 Å². The number of primary amides is 2. The molecule has 0 spiro atoms. The Labute approximate surface area is 639 Å². The molecule has 0 saturated carbocycles. The minimum Gasteiger partial charge on any atom is -0.508 e. The van der Waals surface area contributed by atoms with Gasteiger partial charge in [0.05, 0.1) is 45.1 Å². The van der Waals surface area contributed by atoms with Crippen LogP contribution in [0.5, 0.6) is 35.0 Å². The first kappa shape index (κ1) is 17.3. The molecule has 2 aliphatic heterocycles. The average Bonchev–Trinajstić information content (AvgIpc) is 1.68. The summed E-state index contributed by atoms with van der Waals surface area (Å²) >= 11 is 22.2. The van der Waals surface area contributed by atoms with Crippen molar-refractivity contribution in [3.8, 4) is 35.0 Å². The number of hydrogen-bond donors (Lipinski definition) is 6. The second-order valence-corrected chi connectivity index (χ2v) is 15.4. The van der Waals surface area contributed by atoms with Crippen LogP contribution in [0, 0.1) is 13.1 Å². The van der Waals surface area contributed by atoms with Gasteiger partial charge in [-0.15, -0.1) is 5.23 Å². The lowest BCUT2D eigenvalue weighted by atomic mass is 9.80. The average molecular weight is 1380 g/mol. The zero-order valence-corrected chi connectivity index (χ0v) is 42.4. The zero-order valence-electron chi connectivity index (χ0n) is 163. The normalized spacial score (nSPS) is 18.1. The van der Waals surface area contributed by atoms with E-state index in [2.05, 4.69) is 29.6 Å². The second-order valence-electron chi connectivity index (χ2n) is 13.9. The number of aromatic hydroxyl groups is 1. The van der Waals surface area contributed by atoms with Gasteiger partial charge in [-0.05, 0) is 111 Å². The number of phenols is 1. The van der Waals surface area contributed by atoms with Crippen molar-refractivity contribution in [3.63, 3.8) is 0 Å². The van der Waals surface area contributed by atoms with Gasteiger partial charge >= 0.3 is 13.3 Å². The van der Waals surface area contributed by atoms with E-state index in [0.29, 0.717) is 78.0 Å². The van der Waals surface area contributed by atoms with Gasteiger partial charge in [0.2, 0.25) is 34.9 Å². The number of nitrogens with zero attached hydrogens (tertiary/aromatic N) is 7. The Balaban J connectivity index is -0.0000000172. The van der Waals surface area contributed by atoms with Crippen LogP contribution in [0.1, 0.15) is 238 Å². The Morgan fingerprint density at radius 1 is 0.760 bits per heavy atom. The lowest BCUT2D eigenvalue weighted by Gasteiger charge is -2.09. The molecule has 0 radical (unpaired) electrons. The first-order valence-corrected chi connectivity index (χ1v) is 22.7. The number of hydrogen-bond acceptors (Lipinski definition) is 17. The molecule has 6 aromatic rings. The number of fused-ring (bicyclic) bond motifs is 2. The van der Waals surface area contributed by atoms with Crippen molar-refractivity contribution in [2.24, 2.45) is 11.5 Å². The number of benzene rings is 2. The first-order chi connectivity index (χ1) is 97.6. The highest BCUT2D eigenvalue weighted by Gasteiger charge is 2.27. The number of carbonyl (C=O) groups excluding carboxylic acids is 2. The summed E-state index contributed by atoms with van der Waals surface area (Å²) in [5, 5.41) is 36.5. The Morgan fingerprint density at radius 2 is 1.28 bits per heavy atom. The van der Waals surface area contributed by atoms with Crippen LogP contribution in [0.15, 0.2) is 84.9 Å². The van der Waals surface area contributed by atoms with E-state index in [9.17, 15) is 27.8 Å². The number of rotatable bonds is 10. The van der Waals surface area contributed by atoms with E-state index in [0.717, 1.165) is 16.6 Å². The number of alkyl halides is 3. The largest absolute Gasteiger partial charge is 0.508 e. The topological polar surface area (TPSA) is 286 Å². The number of nitrogens with two attached hydrogens (primary N) is 2. The summed E-state index contributed by atoms with van der Waals surface area (Å²) in [5.41, 5.74) is 14.2. The molecule has 0 atom stereocenters. The third-order valence-electron chi connectivity index (χ3n) is 8.67. The number of halogens is 7. The highest BCUT2D eigenvalue weighted by molar-refractivity contribution is 6.61. The molecule has 6 heterocycles. The highest BCUT2D eigenvalue weighted by Crippen LogP contribution is 2.32. The molecule has 8 N–H and O–H groups in total. The smallest absolute Gasteiger partial charge is 0.491 e. The van der Waals surface area contributed by atoms with Gasteiger partial charge in [0, 0.05) is 191 Å². The van der Waals surface area contributed by atoms with Gasteiger partial charge in [0.15, 0.2) is 0 Å². The maximum Gasteiger partial charge on any atom is 0.491 e. The van der Waals surface area contributed by atoms with E-state index in [1.807, 2.05) is 13.8 Å². The summed E-state index contributed by atoms with van der Waals surface area (Å²) in [7, 11) is -0.871. The zero-order chi connectivity index (χ0) is 180. The standard InChI is InChI=1S/C15H13BN2O4.C8H9ClN2O2.C8H7ClN2O.C7H7NO3.C6H4Cl2N2O.C2H3F3O.63H2/c1-3-20-15-13(17-2)6-7-14(18-15)22-11-4-5-12-10(8-11)9-21-16(12)19;1-2-13-8-5(7(10)12)3-4-6(9)11-8;1-3-12-8-6(10-2)4-5-7(9)11-8;9-6-1-2-7-5(3-6)4-11-8(7)10;7-4-2-1-3(6(9)11)5(8)10-4;3-2(4,5)1-6;;;;;;;;;;;;;;;;;;;;;;;;;;;;;;;;;;;;;;;;;;;;;;;;;;;;;;;;;;;;;;;/h4-8,19H,3,9H2,1H3;3-4H,2H2,1H3,(H2,10,12);4-5H,3H2,1H3;1-3,9-10H,4H2;1-2H,(H2,9,11);6H,1H2;63*1H/i;;;;;;62*1+1D;1+1. The molecule has 0 fully saturated rings. The lowest BCUT2D eigenvalue weighted by Crippen LogP contribution is -2.27. The van der Waals surface area contributed by atoms with Gasteiger partial charge in [0.25, 0.3) is 11.8 Å². The minimum absolute atomic E-state index is 0. The van der Waals surface area contributed by atoms with Gasteiger partial charge < -0.3 is 50.3 Å². The number of aliphatic hydroxyl groups excluding tert-OH is 1. The number of aromatic nitrogens is 4. The highest BCUT2D eigenvalue weighted by atomic mass is 35.5. The van der Waals surface area contributed by atoms with Crippen molar-refractivity contribution in [3.05, 3.63) is 151 Å². The number of carbonyl (C=O) groups is 2. The summed E-state index contributed by atoms with van der Waals surface area (Å²) in [6.07, 6.45) is -4.40. The van der Waals surface area contributed by atoms with Crippen molar-refractivity contribution in [2.45, 2.75) is 40.2 Å². The van der Waals surface area contributed by atoms with E-state index in [1.165, 1.54) is 30.3 Å². The summed E-state index contributed by atoms with van der Waals surface area (Å²) in [6.45, 7) is 19.6. The van der Waals surface area contributed by atoms with Crippen molar-refractivity contribution in [1.82, 2.24) is 19.9 Å². The molecular formula is C46H169BCl4F3N9O12. The van der Waals surface area contributed by atoms with E-state index < -0.39 is 31.7 Å². The fourth-order valence-electron chi connectivity index (χ4n) is 5.45. The summed E-state index contributed by atoms with van der Waals surface area (Å²) in [6, 6.07) is 22.2. The molecule has 2 aliphatic rings. The van der Waals surface area contributed by atoms with Crippen LogP contribution >= 0.6 is 46.4 Å². The number of ether oxygens (including phenoxy) is 4. The van der Waals surface area contributed by atoms with Crippen LogP contribution in [0.4, 0.5) is 30.2 Å². The monoisotopic (exact) mass is 1370 g/mol. The molecule has 4 aromatic heterocycles. The van der Waals surface area contributed by atoms with Crippen LogP contribution in [-0.4, -0.2) is 91.9 Å². The second kappa shape index (κ2) is 30.7. The van der Waals surface area contributed by atoms with Crippen molar-refractivity contribution >= 4 is 87.9 Å². The molecule has 2 aromatic carbocycles. The Bertz CT molecular complexity index is 3170. The van der Waals surface area contributed by atoms with Gasteiger partial charge in [0.1, 0.15) is 56.6 Å². The Hall–Kier alpha value is -7.43. The summed E-state index contributed by atoms with van der Waals surface area (Å²) in [5.74, 6) is 0.670.